The number of hydrogen-bond acceptors (Lipinski definition) is 5. The summed E-state index contributed by atoms with van der Waals surface area (Å²) < 4.78 is 11.1. The number of aromatic nitrogens is 1. The van der Waals surface area contributed by atoms with E-state index >= 15 is 0 Å². The molecule has 0 saturated heterocycles. The van der Waals surface area contributed by atoms with Gasteiger partial charge < -0.3 is 20.1 Å². The predicted octanol–water partition coefficient (Wildman–Crippen LogP) is 1.36. The highest BCUT2D eigenvalue weighted by Crippen LogP contribution is 2.30. The summed E-state index contributed by atoms with van der Waals surface area (Å²) in [6.07, 6.45) is 0.772. The molecule has 7 heteroatoms. The second-order valence-corrected chi connectivity index (χ2v) is 5.30. The van der Waals surface area contributed by atoms with E-state index in [0.717, 1.165) is 0 Å². The van der Waals surface area contributed by atoms with Gasteiger partial charge in [0.2, 0.25) is 12.0 Å². The van der Waals surface area contributed by atoms with Gasteiger partial charge in [0.15, 0.2) is 11.5 Å². The van der Waals surface area contributed by atoms with Crippen LogP contribution in [-0.4, -0.2) is 35.6 Å². The highest BCUT2D eigenvalue weighted by atomic mass is 16.6. The summed E-state index contributed by atoms with van der Waals surface area (Å²) in [4.78, 5) is 28.4. The number of carbonyl (C=O) groups excluding carboxylic acids is 2. The van der Waals surface area contributed by atoms with Gasteiger partial charge in [0.05, 0.1) is 0 Å². The van der Waals surface area contributed by atoms with Crippen LogP contribution in [0.1, 0.15) is 6.92 Å². The van der Waals surface area contributed by atoms with Crippen LogP contribution in [0.15, 0.2) is 48.7 Å². The molecule has 1 aromatic carbocycles. The molecule has 2 amide bonds. The fourth-order valence-corrected chi connectivity index (χ4v) is 2.19. The van der Waals surface area contributed by atoms with Crippen molar-refractivity contribution in [2.75, 3.05) is 11.9 Å². The van der Waals surface area contributed by atoms with Crippen molar-refractivity contribution in [2.24, 2.45) is 0 Å². The highest BCUT2D eigenvalue weighted by molar-refractivity contribution is 5.96. The van der Waals surface area contributed by atoms with Gasteiger partial charge in [0.1, 0.15) is 18.5 Å². The number of amides is 2. The Kier molecular flexibility index (Phi) is 4.60. The Bertz CT molecular complexity index is 736. The van der Waals surface area contributed by atoms with E-state index in [0.29, 0.717) is 17.3 Å². The standard InChI is InChI=1S/C17H17N3O4/c1-11(16(21)20-15-8-4-5-9-18-15)19-17(22)14-10-23-12-6-2-3-7-13(12)24-14/h2-9,11,14H,10H2,1H3,(H,19,22)(H,18,20,21)/t11-,14-/m0/s1. The minimum atomic E-state index is -0.801. The molecule has 3 rings (SSSR count). The van der Waals surface area contributed by atoms with Gasteiger partial charge in [-0.3, -0.25) is 9.59 Å². The number of fused-ring (bicyclic) bond motifs is 1. The zero-order valence-electron chi connectivity index (χ0n) is 13.1. The molecule has 1 aliphatic heterocycles. The molecule has 7 nitrogen and oxygen atoms in total. The molecule has 1 aromatic heterocycles. The van der Waals surface area contributed by atoms with Crippen LogP contribution in [0, 0.1) is 0 Å². The average Bonchev–Trinajstić information content (AvgIpc) is 2.62. The van der Waals surface area contributed by atoms with Crippen LogP contribution in [0.5, 0.6) is 11.5 Å². The van der Waals surface area contributed by atoms with Gasteiger partial charge in [-0.25, -0.2) is 4.98 Å². The number of ether oxygens (including phenoxy) is 2. The van der Waals surface area contributed by atoms with E-state index in [2.05, 4.69) is 15.6 Å². The number of para-hydroxylation sites is 2. The molecule has 0 fully saturated rings. The first-order chi connectivity index (χ1) is 11.6. The number of pyridine rings is 1. The fourth-order valence-electron chi connectivity index (χ4n) is 2.19. The number of benzene rings is 1. The van der Waals surface area contributed by atoms with Crippen LogP contribution in [0.4, 0.5) is 5.82 Å². The maximum Gasteiger partial charge on any atom is 0.265 e. The summed E-state index contributed by atoms with van der Waals surface area (Å²) >= 11 is 0. The van der Waals surface area contributed by atoms with E-state index < -0.39 is 18.1 Å². The highest BCUT2D eigenvalue weighted by Gasteiger charge is 2.29. The molecule has 0 saturated carbocycles. The van der Waals surface area contributed by atoms with Gasteiger partial charge in [0.25, 0.3) is 5.91 Å². The maximum absolute atomic E-state index is 12.3. The summed E-state index contributed by atoms with van der Waals surface area (Å²) in [5, 5.41) is 5.25. The lowest BCUT2D eigenvalue weighted by Crippen LogP contribution is -2.50. The lowest BCUT2D eigenvalue weighted by Gasteiger charge is -2.26. The van der Waals surface area contributed by atoms with Crippen molar-refractivity contribution < 1.29 is 19.1 Å². The van der Waals surface area contributed by atoms with Gasteiger partial charge in [-0.1, -0.05) is 18.2 Å². The molecule has 0 bridgehead atoms. The fraction of sp³-hybridized carbons (Fsp3) is 0.235. The van der Waals surface area contributed by atoms with Crippen molar-refractivity contribution in [3.63, 3.8) is 0 Å². The summed E-state index contributed by atoms with van der Waals surface area (Å²) in [5.41, 5.74) is 0. The smallest absolute Gasteiger partial charge is 0.265 e. The second-order valence-electron chi connectivity index (χ2n) is 5.30. The zero-order valence-corrected chi connectivity index (χ0v) is 13.1. The maximum atomic E-state index is 12.3. The van der Waals surface area contributed by atoms with E-state index in [4.69, 9.17) is 9.47 Å². The third-order valence-electron chi connectivity index (χ3n) is 3.47. The Labute approximate surface area is 139 Å². The van der Waals surface area contributed by atoms with Crippen LogP contribution in [-0.2, 0) is 9.59 Å². The molecule has 124 valence electrons. The molecular formula is C17H17N3O4. The topological polar surface area (TPSA) is 89.5 Å². The molecule has 0 radical (unpaired) electrons. The number of nitrogens with one attached hydrogen (secondary N) is 2. The quantitative estimate of drug-likeness (QED) is 0.885. The SMILES string of the molecule is C[C@H](NC(=O)[C@@H]1COc2ccccc2O1)C(=O)Nc1ccccn1. The van der Waals surface area contributed by atoms with E-state index in [1.54, 1.807) is 49.5 Å². The number of carbonyl (C=O) groups is 2. The van der Waals surface area contributed by atoms with Crippen LogP contribution in [0.25, 0.3) is 0 Å². The number of nitrogens with zero attached hydrogens (tertiary/aromatic N) is 1. The van der Waals surface area contributed by atoms with Crippen LogP contribution in [0.2, 0.25) is 0 Å². The number of anilines is 1. The molecule has 0 unspecified atom stereocenters. The first-order valence-corrected chi connectivity index (χ1v) is 7.54. The van der Waals surface area contributed by atoms with Gasteiger partial charge in [-0.15, -0.1) is 0 Å². The lowest BCUT2D eigenvalue weighted by molar-refractivity contribution is -0.133. The van der Waals surface area contributed by atoms with Crippen LogP contribution < -0.4 is 20.1 Å². The van der Waals surface area contributed by atoms with E-state index in [-0.39, 0.29) is 12.5 Å². The molecular weight excluding hydrogens is 310 g/mol. The number of hydrogen-bond donors (Lipinski definition) is 2. The molecule has 24 heavy (non-hydrogen) atoms. The number of rotatable bonds is 4. The summed E-state index contributed by atoms with van der Waals surface area (Å²) in [5.74, 6) is 0.763. The average molecular weight is 327 g/mol. The van der Waals surface area contributed by atoms with Crippen molar-refractivity contribution in [3.05, 3.63) is 48.7 Å². The van der Waals surface area contributed by atoms with Crippen molar-refractivity contribution >= 4 is 17.6 Å². The van der Waals surface area contributed by atoms with Crippen molar-refractivity contribution in [3.8, 4) is 11.5 Å². The molecule has 2 N–H and O–H groups in total. The minimum Gasteiger partial charge on any atom is -0.485 e. The first-order valence-electron chi connectivity index (χ1n) is 7.54. The summed E-state index contributed by atoms with van der Waals surface area (Å²) in [6.45, 7) is 1.69. The molecule has 2 aromatic rings. The van der Waals surface area contributed by atoms with Crippen molar-refractivity contribution in [1.29, 1.82) is 0 Å². The third-order valence-corrected chi connectivity index (χ3v) is 3.47. The van der Waals surface area contributed by atoms with Crippen molar-refractivity contribution in [1.82, 2.24) is 10.3 Å². The van der Waals surface area contributed by atoms with E-state index in [1.807, 2.05) is 6.07 Å². The minimum absolute atomic E-state index is 0.0947. The molecule has 2 atom stereocenters. The van der Waals surface area contributed by atoms with Crippen LogP contribution >= 0.6 is 0 Å². The Hall–Kier alpha value is -3.09. The lowest BCUT2D eigenvalue weighted by atomic mass is 10.2. The van der Waals surface area contributed by atoms with E-state index in [9.17, 15) is 9.59 Å². The molecule has 0 spiro atoms. The zero-order chi connectivity index (χ0) is 16.9. The summed E-state index contributed by atoms with van der Waals surface area (Å²) in [7, 11) is 0. The Balaban J connectivity index is 1.56. The second kappa shape index (κ2) is 6.99. The summed E-state index contributed by atoms with van der Waals surface area (Å²) in [6, 6.07) is 11.6. The Morgan fingerprint density at radius 1 is 1.17 bits per heavy atom. The van der Waals surface area contributed by atoms with Gasteiger partial charge in [0, 0.05) is 6.20 Å². The first kappa shape index (κ1) is 15.8. The van der Waals surface area contributed by atoms with Crippen molar-refractivity contribution in [2.45, 2.75) is 19.1 Å². The molecule has 1 aliphatic rings. The normalized spacial score (nSPS) is 16.8. The van der Waals surface area contributed by atoms with Gasteiger partial charge in [-0.05, 0) is 31.2 Å². The Morgan fingerprint density at radius 3 is 2.67 bits per heavy atom. The Morgan fingerprint density at radius 2 is 1.92 bits per heavy atom. The van der Waals surface area contributed by atoms with Crippen LogP contribution in [0.3, 0.4) is 0 Å². The monoisotopic (exact) mass is 327 g/mol. The van der Waals surface area contributed by atoms with E-state index in [1.165, 1.54) is 0 Å². The van der Waals surface area contributed by atoms with Gasteiger partial charge in [-0.2, -0.15) is 0 Å². The molecule has 2 heterocycles. The molecule has 0 aliphatic carbocycles. The predicted molar refractivity (Wildman–Crippen MR) is 86.8 cm³/mol. The largest absolute Gasteiger partial charge is 0.485 e. The third kappa shape index (κ3) is 3.62. The van der Waals surface area contributed by atoms with Gasteiger partial charge >= 0.3 is 0 Å².